The highest BCUT2D eigenvalue weighted by molar-refractivity contribution is 5.69. The summed E-state index contributed by atoms with van der Waals surface area (Å²) in [5.41, 5.74) is 4.16. The number of hydrogen-bond acceptors (Lipinski definition) is 3. The van der Waals surface area contributed by atoms with Crippen LogP contribution < -0.4 is 0 Å². The molecule has 0 bridgehead atoms. The second-order valence-corrected chi connectivity index (χ2v) is 5.37. The summed E-state index contributed by atoms with van der Waals surface area (Å²) in [5, 5.41) is 0. The molecular formula is C18H17NO3. The second kappa shape index (κ2) is 6.43. The number of benzene rings is 2. The molecule has 4 heteroatoms. The van der Waals surface area contributed by atoms with Crippen molar-refractivity contribution in [3.05, 3.63) is 70.8 Å². The van der Waals surface area contributed by atoms with Crippen molar-refractivity contribution in [1.82, 2.24) is 4.90 Å². The van der Waals surface area contributed by atoms with Gasteiger partial charge in [0.05, 0.1) is 0 Å². The third-order valence-corrected chi connectivity index (χ3v) is 3.78. The smallest absolute Gasteiger partial charge is 0.410 e. The molecule has 4 nitrogen and oxygen atoms in total. The molecule has 3 rings (SSSR count). The van der Waals surface area contributed by atoms with Crippen LogP contribution in [-0.2, 0) is 35.6 Å². The van der Waals surface area contributed by atoms with Gasteiger partial charge in [-0.3, -0.25) is 4.90 Å². The number of fused-ring (bicyclic) bond motifs is 1. The molecule has 0 spiro atoms. The highest BCUT2D eigenvalue weighted by atomic mass is 16.6. The van der Waals surface area contributed by atoms with E-state index in [1.165, 1.54) is 0 Å². The summed E-state index contributed by atoms with van der Waals surface area (Å²) in [5.74, 6) is 0. The van der Waals surface area contributed by atoms with Crippen LogP contribution in [0.1, 0.15) is 22.3 Å². The summed E-state index contributed by atoms with van der Waals surface area (Å²) in [4.78, 5) is 24.4. The monoisotopic (exact) mass is 295 g/mol. The normalized spacial score (nSPS) is 12.8. The molecule has 0 N–H and O–H groups in total. The van der Waals surface area contributed by atoms with Gasteiger partial charge in [-0.2, -0.15) is 0 Å². The number of carbonyl (C=O) groups excluding carboxylic acids is 2. The van der Waals surface area contributed by atoms with Gasteiger partial charge >= 0.3 is 6.09 Å². The third kappa shape index (κ3) is 3.17. The number of ether oxygens (including phenoxy) is 1. The van der Waals surface area contributed by atoms with E-state index in [4.69, 9.17) is 4.74 Å². The molecule has 1 heterocycles. The van der Waals surface area contributed by atoms with Gasteiger partial charge in [-0.15, -0.1) is 0 Å². The highest BCUT2D eigenvalue weighted by Gasteiger charge is 2.24. The van der Waals surface area contributed by atoms with E-state index >= 15 is 0 Å². The molecule has 1 aliphatic heterocycles. The molecule has 2 aromatic carbocycles. The van der Waals surface area contributed by atoms with Gasteiger partial charge in [0.2, 0.25) is 0 Å². The maximum Gasteiger partial charge on any atom is 0.410 e. The van der Waals surface area contributed by atoms with E-state index < -0.39 is 0 Å². The Morgan fingerprint density at radius 1 is 1.05 bits per heavy atom. The number of hydrogen-bond donors (Lipinski definition) is 0. The molecule has 1 aliphatic rings. The van der Waals surface area contributed by atoms with Crippen molar-refractivity contribution in [1.29, 1.82) is 0 Å². The Balaban J connectivity index is 1.60. The Kier molecular flexibility index (Phi) is 4.19. The fourth-order valence-corrected chi connectivity index (χ4v) is 2.61. The molecule has 22 heavy (non-hydrogen) atoms. The lowest BCUT2D eigenvalue weighted by molar-refractivity contribution is -0.107. The molecular weight excluding hydrogens is 278 g/mol. The first-order valence-electron chi connectivity index (χ1n) is 7.26. The first-order chi connectivity index (χ1) is 10.8. The van der Waals surface area contributed by atoms with Crippen LogP contribution in [0.5, 0.6) is 0 Å². The molecule has 0 saturated heterocycles. The lowest BCUT2D eigenvalue weighted by Gasteiger charge is -2.15. The van der Waals surface area contributed by atoms with Crippen molar-refractivity contribution < 1.29 is 14.3 Å². The maximum absolute atomic E-state index is 12.1. The fourth-order valence-electron chi connectivity index (χ4n) is 2.61. The van der Waals surface area contributed by atoms with Gasteiger partial charge in [-0.1, -0.05) is 48.5 Å². The molecule has 0 aliphatic carbocycles. The van der Waals surface area contributed by atoms with Gasteiger partial charge in [0.25, 0.3) is 0 Å². The SMILES string of the molecule is O=CCc1ccc2c(c1)CN(C(=O)OCc1ccccc1)C2. The minimum absolute atomic E-state index is 0.281. The summed E-state index contributed by atoms with van der Waals surface area (Å²) < 4.78 is 5.35. The average Bonchev–Trinajstić information content (AvgIpc) is 2.97. The summed E-state index contributed by atoms with van der Waals surface area (Å²) in [7, 11) is 0. The van der Waals surface area contributed by atoms with Crippen molar-refractivity contribution in [2.45, 2.75) is 26.1 Å². The molecule has 0 atom stereocenters. The number of nitrogens with zero attached hydrogens (tertiary/aromatic N) is 1. The van der Waals surface area contributed by atoms with Gasteiger partial charge in [-0.25, -0.2) is 4.79 Å². The van der Waals surface area contributed by atoms with Crippen molar-refractivity contribution >= 4 is 12.4 Å². The molecule has 0 fully saturated rings. The zero-order valence-electron chi connectivity index (χ0n) is 12.2. The Hall–Kier alpha value is -2.62. The van der Waals surface area contributed by atoms with E-state index in [0.717, 1.165) is 28.5 Å². The predicted octanol–water partition coefficient (Wildman–Crippen LogP) is 3.08. The van der Waals surface area contributed by atoms with Crippen LogP contribution in [0.15, 0.2) is 48.5 Å². The number of carbonyl (C=O) groups is 2. The van der Waals surface area contributed by atoms with Gasteiger partial charge in [-0.05, 0) is 22.3 Å². The number of aldehydes is 1. The lowest BCUT2D eigenvalue weighted by Crippen LogP contribution is -2.25. The van der Waals surface area contributed by atoms with E-state index in [1.807, 2.05) is 48.5 Å². The number of rotatable bonds is 4. The molecule has 1 amide bonds. The van der Waals surface area contributed by atoms with E-state index in [-0.39, 0.29) is 12.7 Å². The van der Waals surface area contributed by atoms with Gasteiger partial charge in [0, 0.05) is 19.5 Å². The highest BCUT2D eigenvalue weighted by Crippen LogP contribution is 2.24. The third-order valence-electron chi connectivity index (χ3n) is 3.78. The van der Waals surface area contributed by atoms with Crippen molar-refractivity contribution in [2.75, 3.05) is 0 Å². The predicted molar refractivity (Wildman–Crippen MR) is 82.1 cm³/mol. The fraction of sp³-hybridized carbons (Fsp3) is 0.222. The standard InChI is InChI=1S/C18H17NO3/c20-9-8-14-6-7-16-11-19(12-17(16)10-14)18(21)22-13-15-4-2-1-3-5-15/h1-7,9-10H,8,11-13H2. The van der Waals surface area contributed by atoms with Crippen LogP contribution in [0.2, 0.25) is 0 Å². The molecule has 112 valence electrons. The molecule has 0 unspecified atom stereocenters. The molecule has 2 aromatic rings. The zero-order valence-corrected chi connectivity index (χ0v) is 12.2. The Morgan fingerprint density at radius 2 is 1.82 bits per heavy atom. The first-order valence-corrected chi connectivity index (χ1v) is 7.26. The summed E-state index contributed by atoms with van der Waals surface area (Å²) in [6.07, 6.45) is 0.992. The van der Waals surface area contributed by atoms with Crippen molar-refractivity contribution in [2.24, 2.45) is 0 Å². The van der Waals surface area contributed by atoms with E-state index in [2.05, 4.69) is 0 Å². The van der Waals surface area contributed by atoms with Gasteiger partial charge in [0.1, 0.15) is 12.9 Å². The largest absolute Gasteiger partial charge is 0.445 e. The van der Waals surface area contributed by atoms with Crippen LogP contribution in [0.25, 0.3) is 0 Å². The summed E-state index contributed by atoms with van der Waals surface area (Å²) in [6, 6.07) is 15.5. The van der Waals surface area contributed by atoms with E-state index in [1.54, 1.807) is 4.90 Å². The van der Waals surface area contributed by atoms with Crippen molar-refractivity contribution in [3.63, 3.8) is 0 Å². The minimum Gasteiger partial charge on any atom is -0.445 e. The Morgan fingerprint density at radius 3 is 2.59 bits per heavy atom. The van der Waals surface area contributed by atoms with Crippen LogP contribution in [0.3, 0.4) is 0 Å². The topological polar surface area (TPSA) is 46.6 Å². The second-order valence-electron chi connectivity index (χ2n) is 5.37. The minimum atomic E-state index is -0.308. The summed E-state index contributed by atoms with van der Waals surface area (Å²) >= 11 is 0. The van der Waals surface area contributed by atoms with Gasteiger partial charge < -0.3 is 9.53 Å². The molecule has 0 radical (unpaired) electrons. The number of amides is 1. The van der Waals surface area contributed by atoms with E-state index in [9.17, 15) is 9.59 Å². The molecule has 0 aromatic heterocycles. The average molecular weight is 295 g/mol. The zero-order chi connectivity index (χ0) is 15.4. The summed E-state index contributed by atoms with van der Waals surface area (Å²) in [6.45, 7) is 1.38. The first kappa shape index (κ1) is 14.3. The maximum atomic E-state index is 12.1. The van der Waals surface area contributed by atoms with Crippen LogP contribution in [0, 0.1) is 0 Å². The quantitative estimate of drug-likeness (QED) is 0.814. The van der Waals surface area contributed by atoms with E-state index in [0.29, 0.717) is 19.5 Å². The van der Waals surface area contributed by atoms with Gasteiger partial charge in [0.15, 0.2) is 0 Å². The van der Waals surface area contributed by atoms with Crippen LogP contribution >= 0.6 is 0 Å². The Labute approximate surface area is 129 Å². The Bertz CT molecular complexity index is 682. The van der Waals surface area contributed by atoms with Crippen molar-refractivity contribution in [3.8, 4) is 0 Å². The molecule has 0 saturated carbocycles. The lowest BCUT2D eigenvalue weighted by atomic mass is 10.1. The van der Waals surface area contributed by atoms with Crippen LogP contribution in [0.4, 0.5) is 4.79 Å². The van der Waals surface area contributed by atoms with Crippen LogP contribution in [-0.4, -0.2) is 17.3 Å².